The van der Waals surface area contributed by atoms with Crippen LogP contribution in [0.3, 0.4) is 0 Å². The number of aliphatic carboxylic acids is 1. The zero-order valence-electron chi connectivity index (χ0n) is 13.0. The largest absolute Gasteiger partial charge is 0.481 e. The van der Waals surface area contributed by atoms with Gasteiger partial charge in [-0.05, 0) is 33.6 Å². The summed E-state index contributed by atoms with van der Waals surface area (Å²) in [5.74, 6) is -2.12. The van der Waals surface area contributed by atoms with Crippen LogP contribution in [0.4, 0.5) is 0 Å². The van der Waals surface area contributed by atoms with E-state index >= 15 is 0 Å². The standard InChI is InChI=1S/C14H24O6.ClH/c1-10(12(16)17)7-5-6-8-11(15)19-9-20-13(18)14(2,3)4;/h10H,5-9H2,1-4H3,(H,16,17);1H. The molecule has 6 nitrogen and oxygen atoms in total. The van der Waals surface area contributed by atoms with Crippen LogP contribution < -0.4 is 0 Å². The number of unbranched alkanes of at least 4 members (excludes halogenated alkanes) is 1. The molecule has 7 heteroatoms. The number of carboxylic acid groups (broad SMARTS) is 1. The first-order valence-electron chi connectivity index (χ1n) is 6.70. The number of hydrogen-bond donors (Lipinski definition) is 1. The summed E-state index contributed by atoms with van der Waals surface area (Å²) in [5, 5.41) is 8.68. The molecule has 0 aromatic rings. The maximum atomic E-state index is 11.4. The highest BCUT2D eigenvalue weighted by atomic mass is 35.5. The molecular weight excluding hydrogens is 300 g/mol. The van der Waals surface area contributed by atoms with Gasteiger partial charge in [0, 0.05) is 6.42 Å². The molecule has 0 saturated carbocycles. The maximum Gasteiger partial charge on any atom is 0.314 e. The van der Waals surface area contributed by atoms with Crippen LogP contribution >= 0.6 is 12.4 Å². The quantitative estimate of drug-likeness (QED) is 0.419. The summed E-state index contributed by atoms with van der Waals surface area (Å²) < 4.78 is 9.56. The van der Waals surface area contributed by atoms with Gasteiger partial charge < -0.3 is 14.6 Å². The van der Waals surface area contributed by atoms with E-state index in [9.17, 15) is 14.4 Å². The van der Waals surface area contributed by atoms with E-state index < -0.39 is 29.2 Å². The highest BCUT2D eigenvalue weighted by Crippen LogP contribution is 2.15. The fourth-order valence-corrected chi connectivity index (χ4v) is 1.28. The van der Waals surface area contributed by atoms with E-state index in [2.05, 4.69) is 0 Å². The van der Waals surface area contributed by atoms with Crippen LogP contribution in [0.1, 0.15) is 53.4 Å². The Morgan fingerprint density at radius 3 is 2.14 bits per heavy atom. The van der Waals surface area contributed by atoms with Crippen molar-refractivity contribution in [3.63, 3.8) is 0 Å². The molecule has 0 aliphatic rings. The summed E-state index contributed by atoms with van der Waals surface area (Å²) in [6, 6.07) is 0. The SMILES string of the molecule is CC(CCCCC(=O)OCOC(=O)C(C)(C)C)C(=O)O.Cl. The minimum Gasteiger partial charge on any atom is -0.481 e. The van der Waals surface area contributed by atoms with E-state index in [-0.39, 0.29) is 25.6 Å². The van der Waals surface area contributed by atoms with Gasteiger partial charge in [-0.3, -0.25) is 14.4 Å². The number of carbonyl (C=O) groups excluding carboxylic acids is 2. The van der Waals surface area contributed by atoms with Gasteiger partial charge in [-0.2, -0.15) is 0 Å². The maximum absolute atomic E-state index is 11.4. The molecule has 0 aliphatic carbocycles. The molecule has 0 rings (SSSR count). The molecule has 0 aliphatic heterocycles. The van der Waals surface area contributed by atoms with Crippen molar-refractivity contribution in [2.75, 3.05) is 6.79 Å². The summed E-state index contributed by atoms with van der Waals surface area (Å²) in [7, 11) is 0. The van der Waals surface area contributed by atoms with E-state index in [0.29, 0.717) is 19.3 Å². The molecule has 0 bridgehead atoms. The Morgan fingerprint density at radius 2 is 1.67 bits per heavy atom. The number of rotatable bonds is 8. The molecule has 0 aromatic heterocycles. The third-order valence-electron chi connectivity index (χ3n) is 2.71. The van der Waals surface area contributed by atoms with Gasteiger partial charge in [0.1, 0.15) is 0 Å². The lowest BCUT2D eigenvalue weighted by molar-refractivity contribution is -0.173. The van der Waals surface area contributed by atoms with E-state index in [4.69, 9.17) is 14.6 Å². The first-order valence-corrected chi connectivity index (χ1v) is 6.70. The highest BCUT2D eigenvalue weighted by Gasteiger charge is 2.23. The zero-order chi connectivity index (χ0) is 15.8. The van der Waals surface area contributed by atoms with E-state index in [1.807, 2.05) is 0 Å². The Morgan fingerprint density at radius 1 is 1.10 bits per heavy atom. The molecular formula is C14H25ClO6. The number of carbonyl (C=O) groups is 3. The highest BCUT2D eigenvalue weighted by molar-refractivity contribution is 5.85. The van der Waals surface area contributed by atoms with Crippen molar-refractivity contribution in [1.82, 2.24) is 0 Å². The summed E-state index contributed by atoms with van der Waals surface area (Å²) in [5.41, 5.74) is -0.626. The van der Waals surface area contributed by atoms with Crippen molar-refractivity contribution in [3.05, 3.63) is 0 Å². The van der Waals surface area contributed by atoms with E-state index in [1.165, 1.54) is 0 Å². The second-order valence-electron chi connectivity index (χ2n) is 5.80. The van der Waals surface area contributed by atoms with Crippen LogP contribution in [0.5, 0.6) is 0 Å². The Bertz CT molecular complexity index is 348. The predicted molar refractivity (Wildman–Crippen MR) is 79.0 cm³/mol. The molecule has 0 amide bonds. The third-order valence-corrected chi connectivity index (χ3v) is 2.71. The average molecular weight is 325 g/mol. The fraction of sp³-hybridized carbons (Fsp3) is 0.786. The molecule has 124 valence electrons. The molecule has 0 radical (unpaired) electrons. The third kappa shape index (κ3) is 11.1. The van der Waals surface area contributed by atoms with Crippen LogP contribution in [0, 0.1) is 11.3 Å². The van der Waals surface area contributed by atoms with Crippen molar-refractivity contribution in [2.45, 2.75) is 53.4 Å². The summed E-state index contributed by atoms with van der Waals surface area (Å²) >= 11 is 0. The zero-order valence-corrected chi connectivity index (χ0v) is 13.8. The van der Waals surface area contributed by atoms with Crippen molar-refractivity contribution in [1.29, 1.82) is 0 Å². The Hall–Kier alpha value is -1.30. The van der Waals surface area contributed by atoms with Crippen LogP contribution in [-0.4, -0.2) is 29.8 Å². The molecule has 1 unspecified atom stereocenters. The molecule has 0 fully saturated rings. The lowest BCUT2D eigenvalue weighted by Gasteiger charge is -2.16. The fourth-order valence-electron chi connectivity index (χ4n) is 1.28. The van der Waals surface area contributed by atoms with E-state index in [1.54, 1.807) is 27.7 Å². The molecule has 1 atom stereocenters. The Balaban J connectivity index is 0. The monoisotopic (exact) mass is 324 g/mol. The van der Waals surface area contributed by atoms with Gasteiger partial charge in [-0.25, -0.2) is 0 Å². The number of halogens is 1. The summed E-state index contributed by atoms with van der Waals surface area (Å²) in [4.78, 5) is 33.3. The molecule has 21 heavy (non-hydrogen) atoms. The van der Waals surface area contributed by atoms with Gasteiger partial charge in [0.05, 0.1) is 11.3 Å². The number of hydrogen-bond acceptors (Lipinski definition) is 5. The average Bonchev–Trinajstić information content (AvgIpc) is 2.32. The molecule has 0 spiro atoms. The lowest BCUT2D eigenvalue weighted by Crippen LogP contribution is -2.24. The Kier molecular flexibility index (Phi) is 10.9. The van der Waals surface area contributed by atoms with Crippen molar-refractivity contribution in [2.24, 2.45) is 11.3 Å². The van der Waals surface area contributed by atoms with Crippen LogP contribution in [0.2, 0.25) is 0 Å². The summed E-state index contributed by atoms with van der Waals surface area (Å²) in [6.07, 6.45) is 1.93. The van der Waals surface area contributed by atoms with Gasteiger partial charge in [0.25, 0.3) is 0 Å². The normalized spacial score (nSPS) is 12.0. The lowest BCUT2D eigenvalue weighted by atomic mass is 9.98. The molecule has 0 aromatic carbocycles. The Labute approximate surface area is 131 Å². The number of esters is 2. The summed E-state index contributed by atoms with van der Waals surface area (Å²) in [6.45, 7) is 6.38. The molecule has 0 heterocycles. The first-order chi connectivity index (χ1) is 9.14. The second kappa shape index (κ2) is 10.4. The number of carboxylic acids is 1. The van der Waals surface area contributed by atoms with Crippen molar-refractivity contribution >= 4 is 30.3 Å². The smallest absolute Gasteiger partial charge is 0.314 e. The first kappa shape index (κ1) is 22.0. The topological polar surface area (TPSA) is 89.9 Å². The van der Waals surface area contributed by atoms with Crippen molar-refractivity contribution < 1.29 is 29.0 Å². The van der Waals surface area contributed by atoms with Crippen molar-refractivity contribution in [3.8, 4) is 0 Å². The molecule has 1 N–H and O–H groups in total. The second-order valence-corrected chi connectivity index (χ2v) is 5.80. The van der Waals surface area contributed by atoms with Gasteiger partial charge in [0.2, 0.25) is 6.79 Å². The van der Waals surface area contributed by atoms with Gasteiger partial charge in [0.15, 0.2) is 0 Å². The van der Waals surface area contributed by atoms with Crippen LogP contribution in [-0.2, 0) is 23.9 Å². The van der Waals surface area contributed by atoms with Gasteiger partial charge in [-0.1, -0.05) is 13.3 Å². The predicted octanol–water partition coefficient (Wildman–Crippen LogP) is 2.78. The minimum atomic E-state index is -0.832. The van der Waals surface area contributed by atoms with E-state index in [0.717, 1.165) is 0 Å². The van der Waals surface area contributed by atoms with Crippen LogP contribution in [0.15, 0.2) is 0 Å². The number of ether oxygens (including phenoxy) is 2. The minimum absolute atomic E-state index is 0. The van der Waals surface area contributed by atoms with Gasteiger partial charge >= 0.3 is 17.9 Å². The van der Waals surface area contributed by atoms with Gasteiger partial charge in [-0.15, -0.1) is 12.4 Å². The van der Waals surface area contributed by atoms with Crippen LogP contribution in [0.25, 0.3) is 0 Å². The molecule has 0 saturated heterocycles.